The summed E-state index contributed by atoms with van der Waals surface area (Å²) in [7, 11) is 0. The van der Waals surface area contributed by atoms with Crippen molar-refractivity contribution < 1.29 is 14.3 Å². The summed E-state index contributed by atoms with van der Waals surface area (Å²) in [5, 5.41) is 0. The molecule has 0 aromatic rings. The first-order chi connectivity index (χ1) is 6.61. The number of ether oxygens (including phenoxy) is 1. The number of rotatable bonds is 1. The van der Waals surface area contributed by atoms with Crippen molar-refractivity contribution in [3.8, 4) is 0 Å². The summed E-state index contributed by atoms with van der Waals surface area (Å²) in [5.41, 5.74) is 0. The van der Waals surface area contributed by atoms with E-state index in [0.717, 1.165) is 6.42 Å². The number of hydrogen-bond acceptors (Lipinski definition) is 3. The van der Waals surface area contributed by atoms with Gasteiger partial charge in [0.1, 0.15) is 11.9 Å². The van der Waals surface area contributed by atoms with E-state index in [4.69, 9.17) is 4.74 Å². The van der Waals surface area contributed by atoms with Gasteiger partial charge < -0.3 is 4.74 Å². The molecule has 1 heterocycles. The second-order valence-corrected chi connectivity index (χ2v) is 4.99. The zero-order valence-corrected chi connectivity index (χ0v) is 8.40. The molecule has 3 nitrogen and oxygen atoms in total. The molecule has 0 aromatic carbocycles. The van der Waals surface area contributed by atoms with E-state index >= 15 is 0 Å². The van der Waals surface area contributed by atoms with Crippen LogP contribution in [0.25, 0.3) is 0 Å². The Morgan fingerprint density at radius 1 is 1.43 bits per heavy atom. The van der Waals surface area contributed by atoms with Gasteiger partial charge in [-0.05, 0) is 25.2 Å². The average molecular weight is 194 g/mol. The lowest BCUT2D eigenvalue weighted by atomic mass is 9.73. The van der Waals surface area contributed by atoms with Gasteiger partial charge in [0, 0.05) is 11.8 Å². The Balaban J connectivity index is 2.04. The Kier molecular flexibility index (Phi) is 1.44. The van der Waals surface area contributed by atoms with E-state index in [1.165, 1.54) is 0 Å². The standard InChI is InChI=1S/C11H14O3/c1-4-6-3-7-9(8(6)5(2)12)11(13)14-10(4)7/h4,6-10H,3H2,1-2H3/t4-,6?,7?,8?,9?,10?/m1/s1. The monoisotopic (exact) mass is 194 g/mol. The molecule has 3 fully saturated rings. The minimum atomic E-state index is -0.118. The predicted octanol–water partition coefficient (Wildman–Crippen LogP) is 1.02. The Labute approximate surface area is 82.8 Å². The lowest BCUT2D eigenvalue weighted by Crippen LogP contribution is -2.35. The van der Waals surface area contributed by atoms with Crippen molar-refractivity contribution in [2.24, 2.45) is 29.6 Å². The zero-order valence-electron chi connectivity index (χ0n) is 8.40. The van der Waals surface area contributed by atoms with Crippen molar-refractivity contribution in [3.05, 3.63) is 0 Å². The van der Waals surface area contributed by atoms with Gasteiger partial charge in [0.2, 0.25) is 0 Å². The number of fused-ring (bicyclic) bond motifs is 1. The summed E-state index contributed by atoms with van der Waals surface area (Å²) in [4.78, 5) is 23.1. The molecule has 0 radical (unpaired) electrons. The Morgan fingerprint density at radius 2 is 2.14 bits per heavy atom. The van der Waals surface area contributed by atoms with Gasteiger partial charge in [-0.1, -0.05) is 6.92 Å². The van der Waals surface area contributed by atoms with E-state index in [2.05, 4.69) is 6.92 Å². The van der Waals surface area contributed by atoms with Gasteiger partial charge in [-0.25, -0.2) is 0 Å². The van der Waals surface area contributed by atoms with Gasteiger partial charge >= 0.3 is 5.97 Å². The predicted molar refractivity (Wildman–Crippen MR) is 48.3 cm³/mol. The summed E-state index contributed by atoms with van der Waals surface area (Å²) >= 11 is 0. The summed E-state index contributed by atoms with van der Waals surface area (Å²) < 4.78 is 5.34. The molecule has 76 valence electrons. The minimum absolute atomic E-state index is 0.0405. The fourth-order valence-electron chi connectivity index (χ4n) is 3.94. The fourth-order valence-corrected chi connectivity index (χ4v) is 3.94. The highest BCUT2D eigenvalue weighted by Gasteiger charge is 2.66. The highest BCUT2D eigenvalue weighted by molar-refractivity contribution is 5.88. The van der Waals surface area contributed by atoms with Crippen LogP contribution in [0.15, 0.2) is 0 Å². The van der Waals surface area contributed by atoms with E-state index in [9.17, 15) is 9.59 Å². The molecular weight excluding hydrogens is 180 g/mol. The quantitative estimate of drug-likeness (QED) is 0.585. The van der Waals surface area contributed by atoms with Crippen molar-refractivity contribution in [2.45, 2.75) is 26.4 Å². The van der Waals surface area contributed by atoms with Crippen molar-refractivity contribution in [2.75, 3.05) is 0 Å². The topological polar surface area (TPSA) is 43.4 Å². The summed E-state index contributed by atoms with van der Waals surface area (Å²) in [6.07, 6.45) is 1.14. The Bertz CT molecular complexity index is 322. The maximum Gasteiger partial charge on any atom is 0.310 e. The lowest BCUT2D eigenvalue weighted by Gasteiger charge is -2.27. The SMILES string of the molecule is CC(=O)C1C2C(=O)OC3C2CC1[C@H]3C. The maximum atomic E-state index is 11.6. The maximum absolute atomic E-state index is 11.6. The number of Topliss-reactive ketones (excluding diaryl/α,β-unsaturated/α-hetero) is 1. The smallest absolute Gasteiger partial charge is 0.310 e. The Morgan fingerprint density at radius 3 is 2.79 bits per heavy atom. The van der Waals surface area contributed by atoms with Gasteiger partial charge in [0.05, 0.1) is 5.92 Å². The summed E-state index contributed by atoms with van der Waals surface area (Å²) in [6, 6.07) is 0. The Hall–Kier alpha value is -0.860. The number of carbonyl (C=O) groups is 2. The molecule has 0 amide bonds. The van der Waals surface area contributed by atoms with E-state index in [1.807, 2.05) is 0 Å². The first-order valence-corrected chi connectivity index (χ1v) is 5.32. The molecule has 1 aliphatic heterocycles. The van der Waals surface area contributed by atoms with Crippen LogP contribution in [-0.4, -0.2) is 17.9 Å². The van der Waals surface area contributed by atoms with Crippen LogP contribution < -0.4 is 0 Å². The number of ketones is 1. The highest BCUT2D eigenvalue weighted by atomic mass is 16.6. The number of esters is 1. The average Bonchev–Trinajstić information content (AvgIpc) is 2.67. The number of hydrogen-bond donors (Lipinski definition) is 0. The minimum Gasteiger partial charge on any atom is -0.462 e. The van der Waals surface area contributed by atoms with Crippen molar-refractivity contribution in [1.82, 2.24) is 0 Å². The van der Waals surface area contributed by atoms with Gasteiger partial charge in [-0.2, -0.15) is 0 Å². The van der Waals surface area contributed by atoms with Crippen LogP contribution >= 0.6 is 0 Å². The van der Waals surface area contributed by atoms with E-state index < -0.39 is 0 Å². The molecule has 3 rings (SSSR count). The summed E-state index contributed by atoms with van der Waals surface area (Å²) in [6.45, 7) is 3.72. The van der Waals surface area contributed by atoms with Crippen LogP contribution in [0.1, 0.15) is 20.3 Å². The lowest BCUT2D eigenvalue weighted by molar-refractivity contribution is -0.145. The van der Waals surface area contributed by atoms with Crippen molar-refractivity contribution in [1.29, 1.82) is 0 Å². The van der Waals surface area contributed by atoms with Crippen LogP contribution in [0.3, 0.4) is 0 Å². The van der Waals surface area contributed by atoms with Crippen LogP contribution in [-0.2, 0) is 14.3 Å². The molecule has 0 aromatic heterocycles. The zero-order chi connectivity index (χ0) is 10.0. The van der Waals surface area contributed by atoms with Crippen LogP contribution in [0.4, 0.5) is 0 Å². The second kappa shape index (κ2) is 2.38. The molecule has 5 unspecified atom stereocenters. The molecule has 0 N–H and O–H groups in total. The molecule has 2 aliphatic carbocycles. The third-order valence-corrected chi connectivity index (χ3v) is 4.46. The second-order valence-electron chi connectivity index (χ2n) is 4.99. The van der Waals surface area contributed by atoms with Gasteiger partial charge in [-0.15, -0.1) is 0 Å². The highest BCUT2D eigenvalue weighted by Crippen LogP contribution is 2.60. The molecular formula is C11H14O3. The molecule has 6 atom stereocenters. The molecule has 0 spiro atoms. The van der Waals surface area contributed by atoms with Gasteiger partial charge in [0.15, 0.2) is 0 Å². The van der Waals surface area contributed by atoms with Crippen LogP contribution in [0, 0.1) is 29.6 Å². The van der Waals surface area contributed by atoms with Crippen LogP contribution in [0.5, 0.6) is 0 Å². The van der Waals surface area contributed by atoms with Gasteiger partial charge in [0.25, 0.3) is 0 Å². The van der Waals surface area contributed by atoms with E-state index in [1.54, 1.807) is 6.92 Å². The third kappa shape index (κ3) is 0.748. The normalized spacial score (nSPS) is 53.7. The summed E-state index contributed by atoms with van der Waals surface area (Å²) in [5.74, 6) is 1.05. The van der Waals surface area contributed by atoms with Crippen molar-refractivity contribution >= 4 is 11.8 Å². The first kappa shape index (κ1) is 8.45. The van der Waals surface area contributed by atoms with Gasteiger partial charge in [-0.3, -0.25) is 9.59 Å². The largest absolute Gasteiger partial charge is 0.462 e. The van der Waals surface area contributed by atoms with E-state index in [-0.39, 0.29) is 29.7 Å². The van der Waals surface area contributed by atoms with Crippen LogP contribution in [0.2, 0.25) is 0 Å². The fraction of sp³-hybridized carbons (Fsp3) is 0.818. The molecule has 2 saturated carbocycles. The first-order valence-electron chi connectivity index (χ1n) is 5.32. The van der Waals surface area contributed by atoms with Crippen molar-refractivity contribution in [3.63, 3.8) is 0 Å². The molecule has 3 aliphatic rings. The molecule has 1 saturated heterocycles. The molecule has 3 heteroatoms. The molecule has 14 heavy (non-hydrogen) atoms. The number of carbonyl (C=O) groups excluding carboxylic acids is 2. The van der Waals surface area contributed by atoms with E-state index in [0.29, 0.717) is 17.8 Å². The third-order valence-electron chi connectivity index (χ3n) is 4.46. The molecule has 2 bridgehead atoms.